The molecule has 0 saturated carbocycles. The lowest BCUT2D eigenvalue weighted by Gasteiger charge is -2.32. The van der Waals surface area contributed by atoms with Crippen LogP contribution in [0.3, 0.4) is 0 Å². The number of benzene rings is 1. The minimum Gasteiger partial charge on any atom is -0.478 e. The summed E-state index contributed by atoms with van der Waals surface area (Å²) in [5.74, 6) is -0.191. The third kappa shape index (κ3) is 4.33. The first-order valence-corrected chi connectivity index (χ1v) is 12.1. The fourth-order valence-electron chi connectivity index (χ4n) is 4.01. The van der Waals surface area contributed by atoms with Gasteiger partial charge >= 0.3 is 0 Å². The van der Waals surface area contributed by atoms with Gasteiger partial charge in [-0.1, -0.05) is 13.0 Å². The molecule has 2 aromatic rings. The van der Waals surface area contributed by atoms with Gasteiger partial charge in [-0.15, -0.1) is 0 Å². The summed E-state index contributed by atoms with van der Waals surface area (Å²) < 4.78 is 34.0. The number of anilines is 2. The van der Waals surface area contributed by atoms with E-state index < -0.39 is 22.0 Å². The molecular weight excluding hydrogens is 432 g/mol. The van der Waals surface area contributed by atoms with Crippen LogP contribution in [0.25, 0.3) is 0 Å². The van der Waals surface area contributed by atoms with Crippen molar-refractivity contribution in [2.75, 3.05) is 23.7 Å². The number of piperidine rings is 1. The number of aryl methyl sites for hydroxylation is 1. The quantitative estimate of drug-likeness (QED) is 0.711. The molecule has 1 saturated heterocycles. The summed E-state index contributed by atoms with van der Waals surface area (Å²) in [4.78, 5) is 29.0. The number of carbonyl (C=O) groups excluding carboxylic acids is 2. The van der Waals surface area contributed by atoms with Gasteiger partial charge in [0.05, 0.1) is 16.5 Å². The highest BCUT2D eigenvalue weighted by Gasteiger charge is 2.36. The van der Waals surface area contributed by atoms with Gasteiger partial charge in [0.15, 0.2) is 6.10 Å². The number of fused-ring (bicyclic) bond motifs is 1. The highest BCUT2D eigenvalue weighted by Crippen LogP contribution is 2.36. The summed E-state index contributed by atoms with van der Waals surface area (Å²) in [5.41, 5.74) is 0.963. The number of pyridine rings is 1. The number of sulfonamides is 1. The molecule has 2 amide bonds. The van der Waals surface area contributed by atoms with Gasteiger partial charge in [0.1, 0.15) is 11.6 Å². The van der Waals surface area contributed by atoms with E-state index in [1.807, 2.05) is 6.92 Å². The monoisotopic (exact) mass is 458 g/mol. The van der Waals surface area contributed by atoms with Crippen molar-refractivity contribution in [2.24, 2.45) is 5.92 Å². The van der Waals surface area contributed by atoms with E-state index in [1.165, 1.54) is 10.4 Å². The van der Waals surface area contributed by atoms with E-state index >= 15 is 0 Å². The van der Waals surface area contributed by atoms with Crippen LogP contribution in [0.4, 0.5) is 11.5 Å². The summed E-state index contributed by atoms with van der Waals surface area (Å²) in [7, 11) is -3.86. The number of nitrogens with zero attached hydrogens (tertiary/aromatic N) is 2. The number of ether oxygens (including phenoxy) is 1. The molecule has 1 aromatic heterocycles. The Labute approximate surface area is 187 Å². The van der Waals surface area contributed by atoms with Crippen molar-refractivity contribution in [2.45, 2.75) is 44.1 Å². The van der Waals surface area contributed by atoms with Crippen LogP contribution >= 0.6 is 0 Å². The Kier molecular flexibility index (Phi) is 6.16. The van der Waals surface area contributed by atoms with Gasteiger partial charge < -0.3 is 15.4 Å². The summed E-state index contributed by atoms with van der Waals surface area (Å²) in [6.07, 6.45) is 2.57. The number of nitrogens with one attached hydrogen (secondary N) is 2. The van der Waals surface area contributed by atoms with Gasteiger partial charge in [-0.05, 0) is 49.9 Å². The van der Waals surface area contributed by atoms with E-state index in [4.69, 9.17) is 4.74 Å². The zero-order valence-electron chi connectivity index (χ0n) is 18.0. The molecule has 32 heavy (non-hydrogen) atoms. The van der Waals surface area contributed by atoms with Crippen molar-refractivity contribution < 1.29 is 22.7 Å². The summed E-state index contributed by atoms with van der Waals surface area (Å²) in [5, 5.41) is 5.53. The molecule has 0 spiro atoms. The van der Waals surface area contributed by atoms with Crippen molar-refractivity contribution in [3.8, 4) is 5.75 Å². The molecular formula is C22H26N4O5S. The maximum absolute atomic E-state index is 13.5. The lowest BCUT2D eigenvalue weighted by Crippen LogP contribution is -2.44. The zero-order valence-corrected chi connectivity index (χ0v) is 18.8. The Bertz CT molecular complexity index is 1140. The van der Waals surface area contributed by atoms with E-state index in [-0.39, 0.29) is 23.3 Å². The molecule has 4 rings (SSSR count). The molecule has 0 radical (unpaired) electrons. The third-order valence-electron chi connectivity index (χ3n) is 5.76. The maximum atomic E-state index is 13.5. The SMILES string of the molecule is CC[C@@H]1Oc2cc(S(=O)(=O)N3CCC[C@@H](C(=O)Nc4ccccn4)C3)c(C)cc2NC1=O. The fourth-order valence-corrected chi connectivity index (χ4v) is 5.76. The first-order valence-electron chi connectivity index (χ1n) is 10.6. The maximum Gasteiger partial charge on any atom is 0.265 e. The van der Waals surface area contributed by atoms with E-state index in [1.54, 1.807) is 37.4 Å². The molecule has 9 nitrogen and oxygen atoms in total. The normalized spacial score (nSPS) is 21.2. The lowest BCUT2D eigenvalue weighted by molar-refractivity contribution is -0.123. The lowest BCUT2D eigenvalue weighted by atomic mass is 9.99. The van der Waals surface area contributed by atoms with Crippen LogP contribution < -0.4 is 15.4 Å². The van der Waals surface area contributed by atoms with Crippen LogP contribution in [-0.2, 0) is 19.6 Å². The molecule has 1 aromatic carbocycles. The van der Waals surface area contributed by atoms with Gasteiger partial charge in [0.25, 0.3) is 5.91 Å². The molecule has 2 atom stereocenters. The molecule has 10 heteroatoms. The smallest absolute Gasteiger partial charge is 0.265 e. The van der Waals surface area contributed by atoms with Crippen molar-refractivity contribution in [3.05, 3.63) is 42.1 Å². The van der Waals surface area contributed by atoms with E-state index in [0.29, 0.717) is 48.6 Å². The first kappa shape index (κ1) is 22.2. The molecule has 0 unspecified atom stereocenters. The first-order chi connectivity index (χ1) is 15.3. The van der Waals surface area contributed by atoms with Crippen LogP contribution in [0.2, 0.25) is 0 Å². The second kappa shape index (κ2) is 8.87. The minimum atomic E-state index is -3.86. The second-order valence-electron chi connectivity index (χ2n) is 8.02. The van der Waals surface area contributed by atoms with Crippen molar-refractivity contribution in [1.82, 2.24) is 9.29 Å². The standard InChI is InChI=1S/C22H26N4O5S/c1-3-17-22(28)24-16-11-14(2)19(12-18(16)31-17)32(29,30)26-10-6-7-15(13-26)21(27)25-20-8-4-5-9-23-20/h4-5,8-9,11-12,15,17H,3,6-7,10,13H2,1-2H3,(H,24,28)(H,23,25,27)/t15-,17+/m1/s1. The fraction of sp³-hybridized carbons (Fsp3) is 0.409. The highest BCUT2D eigenvalue weighted by atomic mass is 32.2. The molecule has 2 N–H and O–H groups in total. The number of amides is 2. The van der Waals surface area contributed by atoms with Crippen LogP contribution in [0.5, 0.6) is 5.75 Å². The minimum absolute atomic E-state index is 0.0900. The Balaban J connectivity index is 1.55. The molecule has 2 aliphatic rings. The highest BCUT2D eigenvalue weighted by molar-refractivity contribution is 7.89. The van der Waals surface area contributed by atoms with Gasteiger partial charge in [0.2, 0.25) is 15.9 Å². The van der Waals surface area contributed by atoms with E-state index in [2.05, 4.69) is 15.6 Å². The Hall–Kier alpha value is -2.98. The average molecular weight is 459 g/mol. The van der Waals surface area contributed by atoms with Crippen LogP contribution in [-0.4, -0.2) is 48.7 Å². The van der Waals surface area contributed by atoms with E-state index in [9.17, 15) is 18.0 Å². The summed E-state index contributed by atoms with van der Waals surface area (Å²) in [6, 6.07) is 8.30. The second-order valence-corrected chi connectivity index (χ2v) is 9.93. The summed E-state index contributed by atoms with van der Waals surface area (Å²) >= 11 is 0. The largest absolute Gasteiger partial charge is 0.478 e. The zero-order chi connectivity index (χ0) is 22.9. The van der Waals surface area contributed by atoms with Crippen LogP contribution in [0, 0.1) is 12.8 Å². The number of hydrogen-bond donors (Lipinski definition) is 2. The van der Waals surface area contributed by atoms with Gasteiger partial charge in [-0.25, -0.2) is 13.4 Å². The third-order valence-corrected chi connectivity index (χ3v) is 7.76. The van der Waals surface area contributed by atoms with Gasteiger partial charge in [-0.2, -0.15) is 4.31 Å². The molecule has 0 aliphatic carbocycles. The predicted octanol–water partition coefficient (Wildman–Crippen LogP) is 2.54. The average Bonchev–Trinajstić information content (AvgIpc) is 2.79. The molecule has 170 valence electrons. The molecule has 3 heterocycles. The van der Waals surface area contributed by atoms with Gasteiger partial charge in [0, 0.05) is 25.4 Å². The Morgan fingerprint density at radius 3 is 2.88 bits per heavy atom. The predicted molar refractivity (Wildman–Crippen MR) is 119 cm³/mol. The van der Waals surface area contributed by atoms with Crippen LogP contribution in [0.1, 0.15) is 31.7 Å². The summed E-state index contributed by atoms with van der Waals surface area (Å²) in [6.45, 7) is 3.93. The Morgan fingerprint density at radius 1 is 1.34 bits per heavy atom. The topological polar surface area (TPSA) is 118 Å². The van der Waals surface area contributed by atoms with Crippen molar-refractivity contribution in [1.29, 1.82) is 0 Å². The van der Waals surface area contributed by atoms with Crippen LogP contribution in [0.15, 0.2) is 41.4 Å². The van der Waals surface area contributed by atoms with Gasteiger partial charge in [-0.3, -0.25) is 9.59 Å². The van der Waals surface area contributed by atoms with Crippen molar-refractivity contribution >= 4 is 33.3 Å². The van der Waals surface area contributed by atoms with E-state index in [0.717, 1.165) is 0 Å². The number of hydrogen-bond acceptors (Lipinski definition) is 6. The molecule has 1 fully saturated rings. The number of carbonyl (C=O) groups is 2. The van der Waals surface area contributed by atoms with Crippen molar-refractivity contribution in [3.63, 3.8) is 0 Å². The molecule has 2 aliphatic heterocycles. The molecule has 0 bridgehead atoms. The number of aromatic nitrogens is 1. The Morgan fingerprint density at radius 2 is 2.16 bits per heavy atom. The number of rotatable bonds is 5.